The van der Waals surface area contributed by atoms with Crippen LogP contribution in [0.1, 0.15) is 31.7 Å². The van der Waals surface area contributed by atoms with Crippen LogP contribution in [-0.4, -0.2) is 11.5 Å². The van der Waals surface area contributed by atoms with E-state index in [1.807, 2.05) is 42.1 Å². The van der Waals surface area contributed by atoms with Gasteiger partial charge in [-0.3, -0.25) is 0 Å². The van der Waals surface area contributed by atoms with Crippen LogP contribution < -0.4 is 0 Å². The number of rotatable bonds is 6. The van der Waals surface area contributed by atoms with Gasteiger partial charge < -0.3 is 0 Å². The zero-order valence-electron chi connectivity index (χ0n) is 10.0. The molecule has 0 saturated heterocycles. The molecule has 0 saturated carbocycles. The van der Waals surface area contributed by atoms with Gasteiger partial charge in [-0.05, 0) is 23.7 Å². The van der Waals surface area contributed by atoms with Crippen molar-refractivity contribution in [2.45, 2.75) is 26.2 Å². The highest BCUT2D eigenvalue weighted by Crippen LogP contribution is 2.21. The van der Waals surface area contributed by atoms with Crippen molar-refractivity contribution < 1.29 is 0 Å². The molecule has 1 atom stereocenters. The van der Waals surface area contributed by atoms with E-state index in [9.17, 15) is 0 Å². The van der Waals surface area contributed by atoms with Gasteiger partial charge in [-0.2, -0.15) is 17.0 Å². The first kappa shape index (κ1) is 13.1. The molecule has 16 heavy (non-hydrogen) atoms. The molecule has 0 bridgehead atoms. The second-order valence-corrected chi connectivity index (χ2v) is 5.50. The van der Waals surface area contributed by atoms with Crippen LogP contribution in [0.4, 0.5) is 0 Å². The predicted molar refractivity (Wildman–Crippen MR) is 71.6 cm³/mol. The Kier molecular flexibility index (Phi) is 6.03. The summed E-state index contributed by atoms with van der Waals surface area (Å²) < 4.78 is 0. The number of hydrogen-bond donors (Lipinski definition) is 0. The Bertz CT molecular complexity index is 326. The number of nitriles is 1. The lowest BCUT2D eigenvalue weighted by molar-refractivity contribution is 0.632. The summed E-state index contributed by atoms with van der Waals surface area (Å²) in [5.74, 6) is 2.86. The summed E-state index contributed by atoms with van der Waals surface area (Å²) in [4.78, 5) is 0. The first-order valence-corrected chi connectivity index (χ1v) is 6.91. The van der Waals surface area contributed by atoms with E-state index in [1.165, 1.54) is 6.42 Å². The molecule has 0 N–H and O–H groups in total. The Morgan fingerprint density at radius 2 is 1.94 bits per heavy atom. The van der Waals surface area contributed by atoms with E-state index in [2.05, 4.69) is 19.9 Å². The van der Waals surface area contributed by atoms with Crippen LogP contribution in [0.5, 0.6) is 0 Å². The Morgan fingerprint density at radius 1 is 1.25 bits per heavy atom. The Hall–Kier alpha value is -0.940. The second-order valence-electron chi connectivity index (χ2n) is 4.35. The van der Waals surface area contributed by atoms with Crippen LogP contribution in [0.15, 0.2) is 30.3 Å². The lowest BCUT2D eigenvalue weighted by Gasteiger charge is -2.09. The fourth-order valence-corrected chi connectivity index (χ4v) is 2.72. The van der Waals surface area contributed by atoms with Crippen molar-refractivity contribution in [3.8, 4) is 6.07 Å². The smallest absolute Gasteiger partial charge is 0.0803 e. The van der Waals surface area contributed by atoms with Gasteiger partial charge in [0.05, 0.1) is 12.0 Å². The molecule has 0 aliphatic rings. The minimum atomic E-state index is 0.0402. The SMILES string of the molecule is CC(C)CCSCC(C#N)c1ccccc1. The van der Waals surface area contributed by atoms with Gasteiger partial charge in [-0.15, -0.1) is 0 Å². The summed E-state index contributed by atoms with van der Waals surface area (Å²) in [6, 6.07) is 12.4. The highest BCUT2D eigenvalue weighted by molar-refractivity contribution is 7.99. The standard InChI is InChI=1S/C14H19NS/c1-12(2)8-9-16-11-14(10-15)13-6-4-3-5-7-13/h3-7,12,14H,8-9,11H2,1-2H3. The lowest BCUT2D eigenvalue weighted by atomic mass is 10.0. The van der Waals surface area contributed by atoms with Crippen LogP contribution in [0.25, 0.3) is 0 Å². The van der Waals surface area contributed by atoms with Crippen LogP contribution in [-0.2, 0) is 0 Å². The molecule has 2 heteroatoms. The monoisotopic (exact) mass is 233 g/mol. The molecule has 1 nitrogen and oxygen atoms in total. The summed E-state index contributed by atoms with van der Waals surface area (Å²) in [7, 11) is 0. The van der Waals surface area contributed by atoms with Gasteiger partial charge in [0.1, 0.15) is 0 Å². The third-order valence-electron chi connectivity index (χ3n) is 2.48. The quantitative estimate of drug-likeness (QED) is 0.691. The third-order valence-corrected chi connectivity index (χ3v) is 3.58. The van der Waals surface area contributed by atoms with E-state index >= 15 is 0 Å². The van der Waals surface area contributed by atoms with E-state index in [1.54, 1.807) is 0 Å². The minimum Gasteiger partial charge on any atom is -0.198 e. The van der Waals surface area contributed by atoms with Crippen molar-refractivity contribution in [2.75, 3.05) is 11.5 Å². The maximum Gasteiger partial charge on any atom is 0.0803 e. The fourth-order valence-electron chi connectivity index (χ4n) is 1.41. The molecule has 0 aliphatic carbocycles. The molecule has 0 aliphatic heterocycles. The summed E-state index contributed by atoms with van der Waals surface area (Å²) in [5, 5.41) is 9.12. The van der Waals surface area contributed by atoms with Gasteiger partial charge in [0.2, 0.25) is 0 Å². The molecule has 0 amide bonds. The van der Waals surface area contributed by atoms with E-state index in [0.717, 1.165) is 23.0 Å². The number of hydrogen-bond acceptors (Lipinski definition) is 2. The average molecular weight is 233 g/mol. The van der Waals surface area contributed by atoms with Gasteiger partial charge in [0.25, 0.3) is 0 Å². The topological polar surface area (TPSA) is 23.8 Å². The van der Waals surface area contributed by atoms with Crippen molar-refractivity contribution in [1.82, 2.24) is 0 Å². The maximum atomic E-state index is 9.12. The molecule has 1 aromatic carbocycles. The first-order chi connectivity index (χ1) is 7.74. The molecular formula is C14H19NS. The van der Waals surface area contributed by atoms with Crippen LogP contribution in [0.2, 0.25) is 0 Å². The highest BCUT2D eigenvalue weighted by atomic mass is 32.2. The summed E-state index contributed by atoms with van der Waals surface area (Å²) >= 11 is 1.89. The number of benzene rings is 1. The average Bonchev–Trinajstić information content (AvgIpc) is 2.30. The van der Waals surface area contributed by atoms with Crippen molar-refractivity contribution >= 4 is 11.8 Å². The van der Waals surface area contributed by atoms with E-state index in [4.69, 9.17) is 5.26 Å². The second kappa shape index (κ2) is 7.35. The maximum absolute atomic E-state index is 9.12. The van der Waals surface area contributed by atoms with E-state index < -0.39 is 0 Å². The molecule has 0 fully saturated rings. The summed E-state index contributed by atoms with van der Waals surface area (Å²) in [6.07, 6.45) is 1.23. The van der Waals surface area contributed by atoms with Crippen molar-refractivity contribution in [3.05, 3.63) is 35.9 Å². The minimum absolute atomic E-state index is 0.0402. The van der Waals surface area contributed by atoms with Gasteiger partial charge in [0, 0.05) is 5.75 Å². The fraction of sp³-hybridized carbons (Fsp3) is 0.500. The third kappa shape index (κ3) is 4.72. The Balaban J connectivity index is 2.37. The predicted octanol–water partition coefficient (Wildman–Crippen LogP) is 4.07. The molecular weight excluding hydrogens is 214 g/mol. The number of nitrogens with zero attached hydrogens (tertiary/aromatic N) is 1. The van der Waals surface area contributed by atoms with Crippen molar-refractivity contribution in [2.24, 2.45) is 5.92 Å². The van der Waals surface area contributed by atoms with Gasteiger partial charge in [0.15, 0.2) is 0 Å². The molecule has 1 aromatic rings. The molecule has 0 aromatic heterocycles. The molecule has 0 radical (unpaired) electrons. The largest absolute Gasteiger partial charge is 0.198 e. The normalized spacial score (nSPS) is 12.4. The lowest BCUT2D eigenvalue weighted by Crippen LogP contribution is -2.00. The first-order valence-electron chi connectivity index (χ1n) is 5.76. The molecule has 1 unspecified atom stereocenters. The highest BCUT2D eigenvalue weighted by Gasteiger charge is 2.09. The Labute approximate surface area is 103 Å². The van der Waals surface area contributed by atoms with Crippen LogP contribution >= 0.6 is 11.8 Å². The molecule has 1 rings (SSSR count). The van der Waals surface area contributed by atoms with Gasteiger partial charge in [-0.1, -0.05) is 44.2 Å². The number of thioether (sulfide) groups is 1. The molecule has 0 heterocycles. The van der Waals surface area contributed by atoms with E-state index in [0.29, 0.717) is 0 Å². The van der Waals surface area contributed by atoms with Crippen molar-refractivity contribution in [1.29, 1.82) is 5.26 Å². The zero-order chi connectivity index (χ0) is 11.8. The Morgan fingerprint density at radius 3 is 2.50 bits per heavy atom. The van der Waals surface area contributed by atoms with Crippen LogP contribution in [0, 0.1) is 17.2 Å². The van der Waals surface area contributed by atoms with E-state index in [-0.39, 0.29) is 5.92 Å². The zero-order valence-corrected chi connectivity index (χ0v) is 10.8. The summed E-state index contributed by atoms with van der Waals surface area (Å²) in [5.41, 5.74) is 1.14. The van der Waals surface area contributed by atoms with Gasteiger partial charge >= 0.3 is 0 Å². The van der Waals surface area contributed by atoms with Gasteiger partial charge in [-0.25, -0.2) is 0 Å². The molecule has 86 valence electrons. The summed E-state index contributed by atoms with van der Waals surface area (Å²) in [6.45, 7) is 4.47. The molecule has 0 spiro atoms. The van der Waals surface area contributed by atoms with Crippen molar-refractivity contribution in [3.63, 3.8) is 0 Å². The van der Waals surface area contributed by atoms with Crippen LogP contribution in [0.3, 0.4) is 0 Å².